The zero-order valence-corrected chi connectivity index (χ0v) is 14.9. The van der Waals surface area contributed by atoms with Crippen molar-refractivity contribution in [1.82, 2.24) is 0 Å². The van der Waals surface area contributed by atoms with Gasteiger partial charge in [-0.05, 0) is 39.3 Å². The first-order chi connectivity index (χ1) is 12.8. The van der Waals surface area contributed by atoms with Gasteiger partial charge >= 0.3 is 0 Å². The summed E-state index contributed by atoms with van der Waals surface area (Å²) in [5.41, 5.74) is 4.48. The zero-order valence-electron chi connectivity index (χ0n) is 14.9. The molecule has 0 N–H and O–H groups in total. The molecule has 0 saturated carbocycles. The van der Waals surface area contributed by atoms with E-state index in [-0.39, 0.29) is 0 Å². The van der Waals surface area contributed by atoms with Crippen molar-refractivity contribution in [2.24, 2.45) is 0 Å². The molecule has 1 heteroatoms. The fourth-order valence-electron chi connectivity index (χ4n) is 4.15. The minimum atomic E-state index is 0.967. The van der Waals surface area contributed by atoms with Gasteiger partial charge in [0.1, 0.15) is 11.2 Å². The summed E-state index contributed by atoms with van der Waals surface area (Å²) in [4.78, 5) is 0. The molecule has 5 rings (SSSR count). The molecular weight excluding hydrogens is 316 g/mol. The van der Waals surface area contributed by atoms with Crippen LogP contribution in [0.4, 0.5) is 0 Å². The first kappa shape index (κ1) is 15.2. The third-order valence-electron chi connectivity index (χ3n) is 5.32. The van der Waals surface area contributed by atoms with E-state index in [4.69, 9.17) is 4.42 Å². The number of benzene rings is 4. The second-order valence-electron chi connectivity index (χ2n) is 6.95. The van der Waals surface area contributed by atoms with Gasteiger partial charge in [0.15, 0.2) is 0 Å². The van der Waals surface area contributed by atoms with Crippen LogP contribution in [-0.4, -0.2) is 0 Å². The van der Waals surface area contributed by atoms with Crippen LogP contribution in [0.3, 0.4) is 0 Å². The Balaban J connectivity index is 1.98. The summed E-state index contributed by atoms with van der Waals surface area (Å²) in [6.07, 6.45) is 2.08. The molecule has 126 valence electrons. The molecular formula is C25H20O. The van der Waals surface area contributed by atoms with Gasteiger partial charge in [0, 0.05) is 16.3 Å². The first-order valence-corrected chi connectivity index (χ1v) is 9.22. The maximum absolute atomic E-state index is 6.39. The van der Waals surface area contributed by atoms with E-state index in [0.29, 0.717) is 0 Å². The van der Waals surface area contributed by atoms with Crippen molar-refractivity contribution in [3.05, 3.63) is 82.7 Å². The Hall–Kier alpha value is -3.06. The average Bonchev–Trinajstić information content (AvgIpc) is 3.06. The van der Waals surface area contributed by atoms with Crippen LogP contribution in [0.5, 0.6) is 0 Å². The predicted octanol–water partition coefficient (Wildman–Crippen LogP) is 5.59. The van der Waals surface area contributed by atoms with E-state index >= 15 is 0 Å². The lowest BCUT2D eigenvalue weighted by Crippen LogP contribution is -2.25. The second kappa shape index (κ2) is 5.74. The topological polar surface area (TPSA) is 13.1 Å². The Kier molecular flexibility index (Phi) is 3.36. The molecule has 0 aliphatic carbocycles. The van der Waals surface area contributed by atoms with Gasteiger partial charge < -0.3 is 4.42 Å². The second-order valence-corrected chi connectivity index (χ2v) is 6.95. The van der Waals surface area contributed by atoms with Crippen LogP contribution in [0, 0.1) is 0 Å². The SMILES string of the molecule is C=c1cccc/c1=C(/CCC)c1ccc2ccc3cccc4oc1c2c34. The summed E-state index contributed by atoms with van der Waals surface area (Å²) >= 11 is 0. The van der Waals surface area contributed by atoms with Crippen LogP contribution in [0.15, 0.2) is 71.1 Å². The highest BCUT2D eigenvalue weighted by atomic mass is 16.3. The van der Waals surface area contributed by atoms with Crippen LogP contribution in [0.2, 0.25) is 0 Å². The van der Waals surface area contributed by atoms with Gasteiger partial charge in [-0.15, -0.1) is 0 Å². The molecule has 0 fully saturated rings. The van der Waals surface area contributed by atoms with Gasteiger partial charge in [-0.3, -0.25) is 0 Å². The lowest BCUT2D eigenvalue weighted by molar-refractivity contribution is 0.667. The Morgan fingerprint density at radius 2 is 1.62 bits per heavy atom. The number of hydrogen-bond donors (Lipinski definition) is 0. The molecule has 0 spiro atoms. The molecule has 0 aliphatic heterocycles. The highest BCUT2D eigenvalue weighted by Crippen LogP contribution is 2.40. The van der Waals surface area contributed by atoms with E-state index in [0.717, 1.165) is 29.2 Å². The van der Waals surface area contributed by atoms with Gasteiger partial charge in [-0.25, -0.2) is 0 Å². The van der Waals surface area contributed by atoms with Gasteiger partial charge in [0.2, 0.25) is 0 Å². The fraction of sp³-hybridized carbons (Fsp3) is 0.120. The van der Waals surface area contributed by atoms with Gasteiger partial charge in [-0.2, -0.15) is 0 Å². The van der Waals surface area contributed by atoms with Gasteiger partial charge in [0.25, 0.3) is 0 Å². The monoisotopic (exact) mass is 336 g/mol. The number of rotatable bonds is 3. The van der Waals surface area contributed by atoms with E-state index in [1.54, 1.807) is 0 Å². The molecule has 4 aromatic carbocycles. The lowest BCUT2D eigenvalue weighted by atomic mass is 9.93. The molecule has 1 nitrogen and oxygen atoms in total. The molecule has 0 unspecified atom stereocenters. The van der Waals surface area contributed by atoms with Crippen molar-refractivity contribution >= 4 is 44.9 Å². The lowest BCUT2D eigenvalue weighted by Gasteiger charge is -2.10. The average molecular weight is 336 g/mol. The highest BCUT2D eigenvalue weighted by molar-refractivity contribution is 6.23. The fourth-order valence-corrected chi connectivity index (χ4v) is 4.15. The largest absolute Gasteiger partial charge is 0.455 e. The first-order valence-electron chi connectivity index (χ1n) is 9.22. The van der Waals surface area contributed by atoms with Crippen molar-refractivity contribution in [1.29, 1.82) is 0 Å². The minimum Gasteiger partial charge on any atom is -0.455 e. The third-order valence-corrected chi connectivity index (χ3v) is 5.32. The van der Waals surface area contributed by atoms with Gasteiger partial charge in [-0.1, -0.05) is 80.6 Å². The molecule has 0 bridgehead atoms. The molecule has 0 atom stereocenters. The van der Waals surface area contributed by atoms with Crippen LogP contribution in [0.25, 0.3) is 44.9 Å². The van der Waals surface area contributed by atoms with Crippen molar-refractivity contribution in [3.63, 3.8) is 0 Å². The number of hydrogen-bond acceptors (Lipinski definition) is 1. The summed E-state index contributed by atoms with van der Waals surface area (Å²) in [7, 11) is 0. The molecule has 26 heavy (non-hydrogen) atoms. The normalized spacial score (nSPS) is 13.1. The number of furan rings is 1. The molecule has 1 heterocycles. The van der Waals surface area contributed by atoms with Crippen molar-refractivity contribution in [2.45, 2.75) is 19.8 Å². The Morgan fingerprint density at radius 3 is 2.42 bits per heavy atom. The predicted molar refractivity (Wildman–Crippen MR) is 111 cm³/mol. The molecule has 0 saturated heterocycles. The maximum Gasteiger partial charge on any atom is 0.143 e. The van der Waals surface area contributed by atoms with Crippen LogP contribution in [-0.2, 0) is 0 Å². The summed E-state index contributed by atoms with van der Waals surface area (Å²) in [6.45, 7) is 6.47. The van der Waals surface area contributed by atoms with Crippen LogP contribution >= 0.6 is 0 Å². The van der Waals surface area contributed by atoms with E-state index in [9.17, 15) is 0 Å². The molecule has 0 aliphatic rings. The summed E-state index contributed by atoms with van der Waals surface area (Å²) < 4.78 is 6.39. The van der Waals surface area contributed by atoms with Crippen LogP contribution in [0.1, 0.15) is 25.3 Å². The molecule has 5 aromatic rings. The van der Waals surface area contributed by atoms with Gasteiger partial charge in [0.05, 0.1) is 0 Å². The van der Waals surface area contributed by atoms with E-state index in [1.165, 1.54) is 37.9 Å². The zero-order chi connectivity index (χ0) is 17.7. The standard InChI is InChI=1S/C25H20O/c1-3-7-20(19-10-5-4-8-16(19)2)21-15-14-18-13-12-17-9-6-11-22-23(17)24(18)25(21)26-22/h4-6,8-15H,2-3,7H2,1H3/b20-19+. The maximum atomic E-state index is 6.39. The summed E-state index contributed by atoms with van der Waals surface area (Å²) in [5, 5.41) is 7.24. The summed E-state index contributed by atoms with van der Waals surface area (Å²) in [6, 6.07) is 23.5. The summed E-state index contributed by atoms with van der Waals surface area (Å²) in [5.74, 6) is 0. The van der Waals surface area contributed by atoms with Crippen molar-refractivity contribution in [3.8, 4) is 0 Å². The molecule has 0 radical (unpaired) electrons. The van der Waals surface area contributed by atoms with E-state index < -0.39 is 0 Å². The van der Waals surface area contributed by atoms with Crippen molar-refractivity contribution < 1.29 is 4.42 Å². The Bertz CT molecular complexity index is 1350. The molecule has 1 aromatic heterocycles. The smallest absolute Gasteiger partial charge is 0.143 e. The molecule has 0 amide bonds. The minimum absolute atomic E-state index is 0.967. The third kappa shape index (κ3) is 2.10. The Morgan fingerprint density at radius 1 is 0.846 bits per heavy atom. The Labute approximate surface area is 152 Å². The van der Waals surface area contributed by atoms with E-state index in [2.05, 4.69) is 74.2 Å². The van der Waals surface area contributed by atoms with Crippen molar-refractivity contribution in [2.75, 3.05) is 0 Å². The van der Waals surface area contributed by atoms with E-state index in [1.807, 2.05) is 6.07 Å². The quantitative estimate of drug-likeness (QED) is 0.392. The highest BCUT2D eigenvalue weighted by Gasteiger charge is 2.17. The van der Waals surface area contributed by atoms with Crippen LogP contribution < -0.4 is 10.4 Å².